The SMILES string of the molecule is CP(OCCC#N)N1CCCC1. The van der Waals surface area contributed by atoms with E-state index in [-0.39, 0.29) is 0 Å². The van der Waals surface area contributed by atoms with E-state index in [0.29, 0.717) is 13.0 Å². The van der Waals surface area contributed by atoms with Crippen LogP contribution in [0.15, 0.2) is 0 Å². The highest BCUT2D eigenvalue weighted by atomic mass is 31.2. The smallest absolute Gasteiger partial charge is 0.101 e. The summed E-state index contributed by atoms with van der Waals surface area (Å²) in [7, 11) is -0.411. The Labute approximate surface area is 75.2 Å². The molecule has 0 saturated carbocycles. The van der Waals surface area contributed by atoms with Crippen LogP contribution in [0.3, 0.4) is 0 Å². The van der Waals surface area contributed by atoms with Gasteiger partial charge in [-0.25, -0.2) is 0 Å². The summed E-state index contributed by atoms with van der Waals surface area (Å²) in [5.41, 5.74) is 0. The van der Waals surface area contributed by atoms with Gasteiger partial charge in [-0.2, -0.15) is 5.26 Å². The number of nitrogens with zero attached hydrogens (tertiary/aromatic N) is 2. The molecule has 4 heteroatoms. The fourth-order valence-corrected chi connectivity index (χ4v) is 2.65. The van der Waals surface area contributed by atoms with Crippen molar-refractivity contribution in [2.75, 3.05) is 26.4 Å². The standard InChI is InChI=1S/C8H15N2OP/c1-12(11-8-4-5-9)10-6-2-3-7-10/h2-4,6-8H2,1H3. The predicted molar refractivity (Wildman–Crippen MR) is 49.8 cm³/mol. The molecule has 1 heterocycles. The Morgan fingerprint density at radius 2 is 2.17 bits per heavy atom. The van der Waals surface area contributed by atoms with Gasteiger partial charge >= 0.3 is 0 Å². The van der Waals surface area contributed by atoms with Gasteiger partial charge in [0.05, 0.1) is 19.1 Å². The molecule has 0 radical (unpaired) electrons. The van der Waals surface area contributed by atoms with E-state index in [2.05, 4.69) is 17.4 Å². The van der Waals surface area contributed by atoms with Gasteiger partial charge in [-0.15, -0.1) is 0 Å². The van der Waals surface area contributed by atoms with Gasteiger partial charge in [-0.1, -0.05) is 0 Å². The van der Waals surface area contributed by atoms with E-state index >= 15 is 0 Å². The predicted octanol–water partition coefficient (Wildman–Crippen LogP) is 1.95. The Balaban J connectivity index is 2.10. The van der Waals surface area contributed by atoms with Crippen LogP contribution in [0.5, 0.6) is 0 Å². The van der Waals surface area contributed by atoms with E-state index in [9.17, 15) is 0 Å². The van der Waals surface area contributed by atoms with Gasteiger partial charge in [-0.05, 0) is 19.5 Å². The minimum absolute atomic E-state index is 0.411. The normalized spacial score (nSPS) is 20.7. The maximum Gasteiger partial charge on any atom is 0.101 e. The average molecular weight is 186 g/mol. The summed E-state index contributed by atoms with van der Waals surface area (Å²) in [5, 5.41) is 8.31. The van der Waals surface area contributed by atoms with Crippen molar-refractivity contribution in [1.82, 2.24) is 4.67 Å². The van der Waals surface area contributed by atoms with Crippen molar-refractivity contribution >= 4 is 8.30 Å². The lowest BCUT2D eigenvalue weighted by Crippen LogP contribution is -2.13. The lowest BCUT2D eigenvalue weighted by Gasteiger charge is -2.22. The van der Waals surface area contributed by atoms with E-state index in [4.69, 9.17) is 9.79 Å². The van der Waals surface area contributed by atoms with Gasteiger partial charge in [0, 0.05) is 13.1 Å². The molecule has 0 N–H and O–H groups in total. The summed E-state index contributed by atoms with van der Waals surface area (Å²) < 4.78 is 7.92. The Bertz CT molecular complexity index is 163. The summed E-state index contributed by atoms with van der Waals surface area (Å²) in [6.45, 7) is 5.07. The highest BCUT2D eigenvalue weighted by Gasteiger charge is 2.18. The van der Waals surface area contributed by atoms with Crippen molar-refractivity contribution in [2.45, 2.75) is 19.3 Å². The van der Waals surface area contributed by atoms with Crippen LogP contribution in [-0.4, -0.2) is 31.0 Å². The summed E-state index contributed by atoms with van der Waals surface area (Å²) in [5.74, 6) is 0. The molecule has 68 valence electrons. The van der Waals surface area contributed by atoms with E-state index in [1.165, 1.54) is 25.9 Å². The fourth-order valence-electron chi connectivity index (χ4n) is 1.29. The maximum atomic E-state index is 8.31. The minimum Gasteiger partial charge on any atom is -0.343 e. The molecule has 0 spiro atoms. The lowest BCUT2D eigenvalue weighted by molar-refractivity contribution is 0.329. The molecule has 0 aromatic heterocycles. The molecular weight excluding hydrogens is 171 g/mol. The average Bonchev–Trinajstić information content (AvgIpc) is 2.56. The van der Waals surface area contributed by atoms with E-state index < -0.39 is 8.30 Å². The lowest BCUT2D eigenvalue weighted by atomic mass is 10.4. The molecule has 0 amide bonds. The molecular formula is C8H15N2OP. The summed E-state index contributed by atoms with van der Waals surface area (Å²) in [6.07, 6.45) is 3.11. The molecule has 1 atom stereocenters. The van der Waals surface area contributed by atoms with Crippen molar-refractivity contribution in [3.8, 4) is 6.07 Å². The van der Waals surface area contributed by atoms with E-state index in [1.807, 2.05) is 0 Å². The Hall–Kier alpha value is -0.160. The first-order valence-electron chi connectivity index (χ1n) is 4.33. The monoisotopic (exact) mass is 186 g/mol. The number of rotatable bonds is 4. The van der Waals surface area contributed by atoms with E-state index in [1.54, 1.807) is 0 Å². The third-order valence-corrected chi connectivity index (χ3v) is 3.73. The molecule has 1 unspecified atom stereocenters. The number of hydrogen-bond acceptors (Lipinski definition) is 3. The van der Waals surface area contributed by atoms with Crippen LogP contribution >= 0.6 is 8.30 Å². The van der Waals surface area contributed by atoms with Gasteiger partial charge in [0.1, 0.15) is 8.30 Å². The first-order valence-corrected chi connectivity index (χ1v) is 5.99. The van der Waals surface area contributed by atoms with Crippen LogP contribution in [0, 0.1) is 11.3 Å². The molecule has 1 rings (SSSR count). The van der Waals surface area contributed by atoms with Crippen LogP contribution in [0.2, 0.25) is 0 Å². The van der Waals surface area contributed by atoms with Crippen molar-refractivity contribution in [1.29, 1.82) is 5.26 Å². The molecule has 0 aromatic rings. The van der Waals surface area contributed by atoms with Gasteiger partial charge in [-0.3, -0.25) is 4.67 Å². The van der Waals surface area contributed by atoms with Crippen LogP contribution in [0.25, 0.3) is 0 Å². The van der Waals surface area contributed by atoms with Gasteiger partial charge in [0.25, 0.3) is 0 Å². The second-order valence-electron chi connectivity index (χ2n) is 2.87. The zero-order valence-electron chi connectivity index (χ0n) is 7.49. The molecule has 1 aliphatic heterocycles. The maximum absolute atomic E-state index is 8.31. The molecule has 0 bridgehead atoms. The van der Waals surface area contributed by atoms with Crippen molar-refractivity contribution < 1.29 is 4.52 Å². The van der Waals surface area contributed by atoms with Crippen molar-refractivity contribution in [3.05, 3.63) is 0 Å². The minimum atomic E-state index is -0.411. The van der Waals surface area contributed by atoms with Crippen LogP contribution < -0.4 is 0 Å². The first-order chi connectivity index (χ1) is 5.84. The molecule has 1 aliphatic rings. The highest BCUT2D eigenvalue weighted by Crippen LogP contribution is 2.39. The van der Waals surface area contributed by atoms with Crippen LogP contribution in [0.4, 0.5) is 0 Å². The molecule has 1 fully saturated rings. The van der Waals surface area contributed by atoms with E-state index in [0.717, 1.165) is 0 Å². The van der Waals surface area contributed by atoms with Crippen LogP contribution in [0.1, 0.15) is 19.3 Å². The third-order valence-electron chi connectivity index (χ3n) is 1.97. The first kappa shape index (κ1) is 9.92. The Morgan fingerprint density at radius 3 is 2.75 bits per heavy atom. The van der Waals surface area contributed by atoms with Gasteiger partial charge in [0.2, 0.25) is 0 Å². The largest absolute Gasteiger partial charge is 0.343 e. The molecule has 12 heavy (non-hydrogen) atoms. The summed E-state index contributed by atoms with van der Waals surface area (Å²) in [6, 6.07) is 2.08. The summed E-state index contributed by atoms with van der Waals surface area (Å²) in [4.78, 5) is 0. The fraction of sp³-hybridized carbons (Fsp3) is 0.875. The summed E-state index contributed by atoms with van der Waals surface area (Å²) >= 11 is 0. The molecule has 3 nitrogen and oxygen atoms in total. The van der Waals surface area contributed by atoms with Crippen LogP contribution in [-0.2, 0) is 4.52 Å². The second-order valence-corrected chi connectivity index (χ2v) is 4.62. The highest BCUT2D eigenvalue weighted by molar-refractivity contribution is 7.49. The quantitative estimate of drug-likeness (QED) is 0.497. The number of hydrogen-bond donors (Lipinski definition) is 0. The molecule has 0 aromatic carbocycles. The molecule has 0 aliphatic carbocycles. The third kappa shape index (κ3) is 3.06. The number of nitriles is 1. The Kier molecular flexibility index (Phi) is 4.53. The Morgan fingerprint density at radius 1 is 1.50 bits per heavy atom. The zero-order chi connectivity index (χ0) is 8.81. The molecule has 1 saturated heterocycles. The zero-order valence-corrected chi connectivity index (χ0v) is 8.39. The van der Waals surface area contributed by atoms with Gasteiger partial charge < -0.3 is 4.52 Å². The van der Waals surface area contributed by atoms with Gasteiger partial charge in [0.15, 0.2) is 0 Å². The topological polar surface area (TPSA) is 36.3 Å². The van der Waals surface area contributed by atoms with Crippen molar-refractivity contribution in [3.63, 3.8) is 0 Å². The second kappa shape index (κ2) is 5.48. The van der Waals surface area contributed by atoms with Crippen molar-refractivity contribution in [2.24, 2.45) is 0 Å².